The third-order valence-corrected chi connectivity index (χ3v) is 3.12. The van der Waals surface area contributed by atoms with Gasteiger partial charge in [-0.05, 0) is 35.7 Å². The normalized spacial score (nSPS) is 13.0. The molecule has 0 spiro atoms. The minimum atomic E-state index is -0.303. The summed E-state index contributed by atoms with van der Waals surface area (Å²) in [5.41, 5.74) is 1.19. The topological polar surface area (TPSA) is 20.2 Å². The van der Waals surface area contributed by atoms with Gasteiger partial charge < -0.3 is 5.11 Å². The number of rotatable bonds is 2. The van der Waals surface area contributed by atoms with Crippen LogP contribution in [-0.2, 0) is 6.42 Å². The summed E-state index contributed by atoms with van der Waals surface area (Å²) < 4.78 is 1.09. The lowest BCUT2D eigenvalue weighted by molar-refractivity contribution is 0.196. The molecule has 0 bridgehead atoms. The Morgan fingerprint density at radius 1 is 1.20 bits per heavy atom. The summed E-state index contributed by atoms with van der Waals surface area (Å²) in [6.07, 6.45) is 0.391. The van der Waals surface area contributed by atoms with Crippen LogP contribution in [0.25, 0.3) is 10.8 Å². The Morgan fingerprint density at radius 3 is 2.53 bits per heavy atom. The Balaban J connectivity index is 2.63. The van der Waals surface area contributed by atoms with Gasteiger partial charge in [0.1, 0.15) is 0 Å². The number of benzene rings is 2. The Labute approximate surface area is 97.9 Å². The molecule has 0 amide bonds. The molecule has 0 heterocycles. The molecule has 0 saturated heterocycles. The molecule has 0 saturated carbocycles. The van der Waals surface area contributed by atoms with E-state index in [1.165, 1.54) is 16.3 Å². The highest BCUT2D eigenvalue weighted by Crippen LogP contribution is 2.27. The zero-order valence-electron chi connectivity index (χ0n) is 8.57. The Kier molecular flexibility index (Phi) is 3.08. The van der Waals surface area contributed by atoms with Crippen molar-refractivity contribution in [1.29, 1.82) is 0 Å². The molecule has 0 fully saturated rings. The summed E-state index contributed by atoms with van der Waals surface area (Å²) in [5.74, 6) is 0. The van der Waals surface area contributed by atoms with Crippen LogP contribution in [0, 0.1) is 0 Å². The van der Waals surface area contributed by atoms with Crippen LogP contribution in [0.4, 0.5) is 0 Å². The van der Waals surface area contributed by atoms with Crippen LogP contribution in [-0.4, -0.2) is 11.2 Å². The van der Waals surface area contributed by atoms with E-state index in [1.54, 1.807) is 0 Å². The van der Waals surface area contributed by atoms with Gasteiger partial charge in [-0.1, -0.05) is 46.3 Å². The molecule has 0 aromatic heterocycles. The van der Waals surface area contributed by atoms with Gasteiger partial charge in [-0.2, -0.15) is 0 Å². The number of aliphatic hydroxyl groups excluding tert-OH is 1. The smallest absolute Gasteiger partial charge is 0.0552 e. The van der Waals surface area contributed by atoms with Crippen LogP contribution < -0.4 is 0 Å². The summed E-state index contributed by atoms with van der Waals surface area (Å²) >= 11 is 3.56. The average molecular weight is 265 g/mol. The minimum Gasteiger partial charge on any atom is -0.393 e. The van der Waals surface area contributed by atoms with E-state index in [2.05, 4.69) is 34.1 Å². The molecule has 1 atom stereocenters. The highest BCUT2D eigenvalue weighted by Gasteiger charge is 2.06. The second kappa shape index (κ2) is 4.33. The van der Waals surface area contributed by atoms with E-state index >= 15 is 0 Å². The van der Waals surface area contributed by atoms with E-state index in [0.717, 1.165) is 4.47 Å². The van der Waals surface area contributed by atoms with Gasteiger partial charge in [0, 0.05) is 4.47 Å². The number of aliphatic hydroxyl groups is 1. The summed E-state index contributed by atoms with van der Waals surface area (Å²) in [4.78, 5) is 0. The second-order valence-corrected chi connectivity index (χ2v) is 4.66. The zero-order chi connectivity index (χ0) is 10.8. The first kappa shape index (κ1) is 10.7. The van der Waals surface area contributed by atoms with Crippen molar-refractivity contribution in [2.24, 2.45) is 0 Å². The molecule has 0 aliphatic carbocycles. The minimum absolute atomic E-state index is 0.303. The fourth-order valence-electron chi connectivity index (χ4n) is 1.86. The third kappa shape index (κ3) is 2.21. The molecule has 1 unspecified atom stereocenters. The van der Waals surface area contributed by atoms with Gasteiger partial charge in [-0.15, -0.1) is 0 Å². The van der Waals surface area contributed by atoms with E-state index in [1.807, 2.05) is 25.1 Å². The van der Waals surface area contributed by atoms with Gasteiger partial charge in [0.05, 0.1) is 6.10 Å². The summed E-state index contributed by atoms with van der Waals surface area (Å²) in [6.45, 7) is 1.82. The number of halogens is 1. The van der Waals surface area contributed by atoms with Crippen molar-refractivity contribution in [3.8, 4) is 0 Å². The summed E-state index contributed by atoms with van der Waals surface area (Å²) in [7, 11) is 0. The van der Waals surface area contributed by atoms with E-state index in [-0.39, 0.29) is 6.10 Å². The van der Waals surface area contributed by atoms with Gasteiger partial charge >= 0.3 is 0 Å². The molecule has 1 N–H and O–H groups in total. The average Bonchev–Trinajstić information content (AvgIpc) is 2.17. The molecular weight excluding hydrogens is 252 g/mol. The van der Waals surface area contributed by atoms with Crippen molar-refractivity contribution in [3.63, 3.8) is 0 Å². The van der Waals surface area contributed by atoms with Crippen LogP contribution >= 0.6 is 15.9 Å². The van der Waals surface area contributed by atoms with Gasteiger partial charge in [0.15, 0.2) is 0 Å². The van der Waals surface area contributed by atoms with Crippen molar-refractivity contribution in [2.45, 2.75) is 19.4 Å². The maximum atomic E-state index is 9.44. The largest absolute Gasteiger partial charge is 0.393 e. The SMILES string of the molecule is CC(O)Cc1cccc2cccc(Br)c12. The molecule has 2 aromatic rings. The zero-order valence-corrected chi connectivity index (χ0v) is 10.2. The van der Waals surface area contributed by atoms with Crippen LogP contribution in [0.5, 0.6) is 0 Å². The monoisotopic (exact) mass is 264 g/mol. The molecule has 0 aliphatic heterocycles. The Bertz CT molecular complexity index is 472. The second-order valence-electron chi connectivity index (χ2n) is 3.81. The summed E-state index contributed by atoms with van der Waals surface area (Å²) in [6, 6.07) is 12.3. The van der Waals surface area contributed by atoms with Crippen molar-refractivity contribution in [1.82, 2.24) is 0 Å². The number of fused-ring (bicyclic) bond motifs is 1. The van der Waals surface area contributed by atoms with Gasteiger partial charge in [0.2, 0.25) is 0 Å². The Hall–Kier alpha value is -0.860. The molecule has 2 aromatic carbocycles. The third-order valence-electron chi connectivity index (χ3n) is 2.46. The van der Waals surface area contributed by atoms with Crippen LogP contribution in [0.2, 0.25) is 0 Å². The van der Waals surface area contributed by atoms with E-state index < -0.39 is 0 Å². The van der Waals surface area contributed by atoms with Crippen LogP contribution in [0.15, 0.2) is 40.9 Å². The highest BCUT2D eigenvalue weighted by molar-refractivity contribution is 9.10. The molecule has 15 heavy (non-hydrogen) atoms. The van der Waals surface area contributed by atoms with Crippen molar-refractivity contribution >= 4 is 26.7 Å². The Morgan fingerprint density at radius 2 is 1.87 bits per heavy atom. The fourth-order valence-corrected chi connectivity index (χ4v) is 2.49. The van der Waals surface area contributed by atoms with Crippen LogP contribution in [0.3, 0.4) is 0 Å². The number of hydrogen-bond donors (Lipinski definition) is 1. The molecule has 1 nitrogen and oxygen atoms in total. The molecular formula is C13H13BrO. The standard InChI is InChI=1S/C13H13BrO/c1-9(15)8-11-6-2-4-10-5-3-7-12(14)13(10)11/h2-7,9,15H,8H2,1H3. The van der Waals surface area contributed by atoms with Gasteiger partial charge in [-0.3, -0.25) is 0 Å². The van der Waals surface area contributed by atoms with Crippen molar-refractivity contribution in [3.05, 3.63) is 46.4 Å². The van der Waals surface area contributed by atoms with E-state index in [4.69, 9.17) is 0 Å². The maximum absolute atomic E-state index is 9.44. The van der Waals surface area contributed by atoms with Crippen molar-refractivity contribution in [2.75, 3.05) is 0 Å². The lowest BCUT2D eigenvalue weighted by Crippen LogP contribution is -2.04. The van der Waals surface area contributed by atoms with E-state index in [9.17, 15) is 5.11 Å². The predicted octanol–water partition coefficient (Wildman–Crippen LogP) is 3.53. The lowest BCUT2D eigenvalue weighted by atomic mass is 10.0. The van der Waals surface area contributed by atoms with Gasteiger partial charge in [0.25, 0.3) is 0 Å². The molecule has 0 radical (unpaired) electrons. The molecule has 2 heteroatoms. The van der Waals surface area contributed by atoms with Gasteiger partial charge in [-0.25, -0.2) is 0 Å². The predicted molar refractivity (Wildman–Crippen MR) is 67.0 cm³/mol. The highest BCUT2D eigenvalue weighted by atomic mass is 79.9. The van der Waals surface area contributed by atoms with E-state index in [0.29, 0.717) is 6.42 Å². The first-order valence-corrected chi connectivity index (χ1v) is 5.82. The maximum Gasteiger partial charge on any atom is 0.0552 e. The lowest BCUT2D eigenvalue weighted by Gasteiger charge is -2.09. The summed E-state index contributed by atoms with van der Waals surface area (Å²) in [5, 5.41) is 11.9. The number of hydrogen-bond acceptors (Lipinski definition) is 1. The molecule has 2 rings (SSSR count). The molecule has 0 aliphatic rings. The first-order valence-electron chi connectivity index (χ1n) is 5.02. The van der Waals surface area contributed by atoms with Crippen molar-refractivity contribution < 1.29 is 5.11 Å². The van der Waals surface area contributed by atoms with Crippen LogP contribution in [0.1, 0.15) is 12.5 Å². The molecule has 78 valence electrons. The fraction of sp³-hybridized carbons (Fsp3) is 0.231. The quantitative estimate of drug-likeness (QED) is 0.880. The first-order chi connectivity index (χ1) is 7.18.